The van der Waals surface area contributed by atoms with Gasteiger partial charge in [-0.25, -0.2) is 4.79 Å². The van der Waals surface area contributed by atoms with Crippen LogP contribution in [-0.2, 0) is 9.53 Å². The summed E-state index contributed by atoms with van der Waals surface area (Å²) in [6.07, 6.45) is 3.02. The van der Waals surface area contributed by atoms with Crippen LogP contribution in [0.5, 0.6) is 5.75 Å². The van der Waals surface area contributed by atoms with Crippen molar-refractivity contribution in [2.45, 2.75) is 6.92 Å². The second-order valence-corrected chi connectivity index (χ2v) is 4.91. The number of ketones is 1. The van der Waals surface area contributed by atoms with Crippen molar-refractivity contribution in [3.05, 3.63) is 59.7 Å². The van der Waals surface area contributed by atoms with Crippen molar-refractivity contribution in [2.24, 2.45) is 0 Å². The van der Waals surface area contributed by atoms with Crippen molar-refractivity contribution < 1.29 is 19.1 Å². The molecule has 0 unspecified atom stereocenters. The van der Waals surface area contributed by atoms with E-state index >= 15 is 0 Å². The minimum Gasteiger partial charge on any atom is -0.496 e. The average molecular weight is 310 g/mol. The van der Waals surface area contributed by atoms with E-state index in [1.807, 2.05) is 30.3 Å². The van der Waals surface area contributed by atoms with E-state index < -0.39 is 5.97 Å². The fraction of sp³-hybridized carbons (Fsp3) is 0.158. The van der Waals surface area contributed by atoms with Gasteiger partial charge in [-0.05, 0) is 30.2 Å². The molecule has 0 aliphatic rings. The second kappa shape index (κ2) is 7.40. The van der Waals surface area contributed by atoms with Gasteiger partial charge in [-0.2, -0.15) is 0 Å². The van der Waals surface area contributed by atoms with Crippen LogP contribution >= 0.6 is 0 Å². The van der Waals surface area contributed by atoms with Gasteiger partial charge < -0.3 is 9.47 Å². The van der Waals surface area contributed by atoms with E-state index in [4.69, 9.17) is 4.74 Å². The predicted molar refractivity (Wildman–Crippen MR) is 89.5 cm³/mol. The van der Waals surface area contributed by atoms with E-state index in [0.717, 1.165) is 16.7 Å². The monoisotopic (exact) mass is 310 g/mol. The molecule has 2 rings (SSSR count). The normalized spacial score (nSPS) is 10.6. The van der Waals surface area contributed by atoms with Crippen LogP contribution in [0, 0.1) is 0 Å². The van der Waals surface area contributed by atoms with Gasteiger partial charge in [0.15, 0.2) is 5.78 Å². The largest absolute Gasteiger partial charge is 0.496 e. The summed E-state index contributed by atoms with van der Waals surface area (Å²) in [6, 6.07) is 13.0. The van der Waals surface area contributed by atoms with Gasteiger partial charge >= 0.3 is 5.97 Å². The minimum absolute atomic E-state index is 0.0213. The van der Waals surface area contributed by atoms with Crippen molar-refractivity contribution in [1.29, 1.82) is 0 Å². The topological polar surface area (TPSA) is 52.6 Å². The Labute approximate surface area is 135 Å². The van der Waals surface area contributed by atoms with Crippen molar-refractivity contribution in [1.82, 2.24) is 0 Å². The minimum atomic E-state index is -0.436. The van der Waals surface area contributed by atoms with Crippen LogP contribution in [-0.4, -0.2) is 26.0 Å². The molecule has 2 aromatic carbocycles. The first-order chi connectivity index (χ1) is 11.1. The molecule has 0 saturated heterocycles. The van der Waals surface area contributed by atoms with Gasteiger partial charge in [0.1, 0.15) is 5.75 Å². The van der Waals surface area contributed by atoms with Crippen LogP contribution in [0.2, 0.25) is 0 Å². The highest BCUT2D eigenvalue weighted by molar-refractivity contribution is 5.95. The molecule has 4 nitrogen and oxygen atoms in total. The van der Waals surface area contributed by atoms with E-state index in [-0.39, 0.29) is 5.78 Å². The van der Waals surface area contributed by atoms with Gasteiger partial charge in [0.25, 0.3) is 0 Å². The van der Waals surface area contributed by atoms with Gasteiger partial charge in [0.05, 0.1) is 14.2 Å². The number of hydrogen-bond donors (Lipinski definition) is 0. The number of Topliss-reactive ketones (excluding diaryl/α,β-unsaturated/α-hetero) is 1. The maximum Gasteiger partial charge on any atom is 0.330 e. The highest BCUT2D eigenvalue weighted by Gasteiger charge is 2.10. The summed E-state index contributed by atoms with van der Waals surface area (Å²) in [6.45, 7) is 1.53. The lowest BCUT2D eigenvalue weighted by Crippen LogP contribution is -1.96. The summed E-state index contributed by atoms with van der Waals surface area (Å²) in [5.41, 5.74) is 3.26. The highest BCUT2D eigenvalue weighted by Crippen LogP contribution is 2.32. The van der Waals surface area contributed by atoms with Crippen LogP contribution in [0.4, 0.5) is 0 Å². The molecule has 0 N–H and O–H groups in total. The number of carbonyl (C=O) groups excluding carboxylic acids is 2. The number of esters is 1. The summed E-state index contributed by atoms with van der Waals surface area (Å²) in [5, 5.41) is 0. The SMILES string of the molecule is COC(=O)/C=C/c1c(OC)cccc1-c1ccc(C(C)=O)cc1. The maximum atomic E-state index is 11.4. The smallest absolute Gasteiger partial charge is 0.330 e. The lowest BCUT2D eigenvalue weighted by Gasteiger charge is -2.11. The number of benzene rings is 2. The molecule has 0 aromatic heterocycles. The number of methoxy groups -OCH3 is 2. The first kappa shape index (κ1) is 16.5. The van der Waals surface area contributed by atoms with E-state index in [2.05, 4.69) is 4.74 Å². The standard InChI is InChI=1S/C19H18O4/c1-13(20)14-7-9-15(10-8-14)16-5-4-6-18(22-2)17(16)11-12-19(21)23-3/h4-12H,1-3H3/b12-11+. The Morgan fingerprint density at radius 2 is 1.70 bits per heavy atom. The number of ether oxygens (including phenoxy) is 2. The fourth-order valence-electron chi connectivity index (χ4n) is 2.25. The Balaban J connectivity index is 2.51. The first-order valence-corrected chi connectivity index (χ1v) is 7.11. The Hall–Kier alpha value is -2.88. The Morgan fingerprint density at radius 3 is 2.26 bits per heavy atom. The average Bonchev–Trinajstić information content (AvgIpc) is 2.59. The summed E-state index contributed by atoms with van der Waals surface area (Å²) < 4.78 is 10.0. The second-order valence-electron chi connectivity index (χ2n) is 4.91. The first-order valence-electron chi connectivity index (χ1n) is 7.11. The maximum absolute atomic E-state index is 11.4. The third kappa shape index (κ3) is 3.86. The molecule has 0 aliphatic carbocycles. The van der Waals surface area contributed by atoms with Crippen LogP contribution in [0.15, 0.2) is 48.5 Å². The van der Waals surface area contributed by atoms with Crippen molar-refractivity contribution in [2.75, 3.05) is 14.2 Å². The van der Waals surface area contributed by atoms with Gasteiger partial charge in [-0.1, -0.05) is 36.4 Å². The quantitative estimate of drug-likeness (QED) is 0.479. The molecule has 23 heavy (non-hydrogen) atoms. The zero-order valence-corrected chi connectivity index (χ0v) is 13.3. The van der Waals surface area contributed by atoms with Crippen LogP contribution in [0.3, 0.4) is 0 Å². The van der Waals surface area contributed by atoms with E-state index in [0.29, 0.717) is 11.3 Å². The van der Waals surface area contributed by atoms with Gasteiger partial charge in [-0.3, -0.25) is 4.79 Å². The number of rotatable bonds is 5. The molecule has 0 saturated carbocycles. The summed E-state index contributed by atoms with van der Waals surface area (Å²) in [4.78, 5) is 22.8. The molecule has 0 radical (unpaired) electrons. The third-order valence-electron chi connectivity index (χ3n) is 3.48. The Bertz CT molecular complexity index is 742. The predicted octanol–water partition coefficient (Wildman–Crippen LogP) is 3.75. The molecular weight excluding hydrogens is 292 g/mol. The molecule has 0 amide bonds. The van der Waals surface area contributed by atoms with Gasteiger partial charge in [0.2, 0.25) is 0 Å². The Kier molecular flexibility index (Phi) is 5.31. The van der Waals surface area contributed by atoms with Crippen molar-refractivity contribution in [3.8, 4) is 16.9 Å². The molecule has 4 heteroatoms. The molecule has 118 valence electrons. The Morgan fingerprint density at radius 1 is 1.00 bits per heavy atom. The third-order valence-corrected chi connectivity index (χ3v) is 3.48. The van der Waals surface area contributed by atoms with E-state index in [1.165, 1.54) is 20.1 Å². The van der Waals surface area contributed by atoms with Crippen molar-refractivity contribution >= 4 is 17.8 Å². The number of hydrogen-bond acceptors (Lipinski definition) is 4. The highest BCUT2D eigenvalue weighted by atomic mass is 16.5. The van der Waals surface area contributed by atoms with Gasteiger partial charge in [0, 0.05) is 17.2 Å². The fourth-order valence-corrected chi connectivity index (χ4v) is 2.25. The van der Waals surface area contributed by atoms with E-state index in [9.17, 15) is 9.59 Å². The van der Waals surface area contributed by atoms with Crippen LogP contribution in [0.25, 0.3) is 17.2 Å². The lowest BCUT2D eigenvalue weighted by molar-refractivity contribution is -0.134. The molecule has 0 atom stereocenters. The van der Waals surface area contributed by atoms with E-state index in [1.54, 1.807) is 25.3 Å². The summed E-state index contributed by atoms with van der Waals surface area (Å²) in [5.74, 6) is 0.236. The summed E-state index contributed by atoms with van der Waals surface area (Å²) in [7, 11) is 2.91. The number of carbonyl (C=O) groups is 2. The lowest BCUT2D eigenvalue weighted by atomic mass is 9.97. The zero-order chi connectivity index (χ0) is 16.8. The molecular formula is C19H18O4. The van der Waals surface area contributed by atoms with Crippen molar-refractivity contribution in [3.63, 3.8) is 0 Å². The molecule has 0 heterocycles. The molecule has 0 fully saturated rings. The van der Waals surface area contributed by atoms with Crippen LogP contribution < -0.4 is 4.74 Å². The molecule has 2 aromatic rings. The molecule has 0 bridgehead atoms. The zero-order valence-electron chi connectivity index (χ0n) is 13.3. The van der Waals surface area contributed by atoms with Gasteiger partial charge in [-0.15, -0.1) is 0 Å². The summed E-state index contributed by atoms with van der Waals surface area (Å²) >= 11 is 0. The molecule has 0 aliphatic heterocycles. The molecule has 0 spiro atoms. The van der Waals surface area contributed by atoms with Crippen LogP contribution in [0.1, 0.15) is 22.8 Å².